The van der Waals surface area contributed by atoms with Gasteiger partial charge in [0.1, 0.15) is 16.5 Å². The lowest BCUT2D eigenvalue weighted by Gasteiger charge is -1.97. The summed E-state index contributed by atoms with van der Waals surface area (Å²) in [6, 6.07) is 2.54. The van der Waals surface area contributed by atoms with Gasteiger partial charge in [-0.2, -0.15) is 5.10 Å². The molecule has 0 bridgehead atoms. The minimum atomic E-state index is -1.17. The van der Waals surface area contributed by atoms with Crippen LogP contribution in [0.1, 0.15) is 21.0 Å². The van der Waals surface area contributed by atoms with Gasteiger partial charge in [0.15, 0.2) is 5.82 Å². The average Bonchev–Trinajstić information content (AvgIpc) is 2.87. The molecule has 0 atom stereocenters. The number of aromatic nitrogens is 3. The minimum Gasteiger partial charge on any atom is -0.477 e. The highest BCUT2D eigenvalue weighted by Gasteiger charge is 2.14. The van der Waals surface area contributed by atoms with Gasteiger partial charge in [-0.1, -0.05) is 23.2 Å². The van der Waals surface area contributed by atoms with E-state index in [2.05, 4.69) is 20.5 Å². The number of carboxylic acid groups (broad SMARTS) is 1. The van der Waals surface area contributed by atoms with Crippen LogP contribution >= 0.6 is 23.2 Å². The van der Waals surface area contributed by atoms with Crippen molar-refractivity contribution in [3.05, 3.63) is 33.7 Å². The first-order valence-electron chi connectivity index (χ1n) is 4.61. The number of rotatable bonds is 3. The number of anilines is 1. The van der Waals surface area contributed by atoms with Crippen molar-refractivity contribution in [3.8, 4) is 0 Å². The summed E-state index contributed by atoms with van der Waals surface area (Å²) in [5, 5.41) is 17.3. The zero-order valence-electron chi connectivity index (χ0n) is 8.62. The molecule has 0 saturated carbocycles. The first-order valence-corrected chi connectivity index (χ1v) is 5.37. The molecular formula is C9H6Cl2N4O3. The molecule has 0 aliphatic heterocycles. The zero-order valence-corrected chi connectivity index (χ0v) is 10.1. The van der Waals surface area contributed by atoms with Crippen molar-refractivity contribution in [1.82, 2.24) is 15.2 Å². The number of aromatic carboxylic acids is 1. The molecule has 0 aliphatic carbocycles. The van der Waals surface area contributed by atoms with Crippen LogP contribution in [0.25, 0.3) is 0 Å². The lowest BCUT2D eigenvalue weighted by molar-refractivity contribution is 0.0690. The first-order chi connectivity index (χ1) is 8.47. The number of hydrogen-bond acceptors (Lipinski definition) is 3. The van der Waals surface area contributed by atoms with Crippen molar-refractivity contribution in [3.63, 3.8) is 0 Å². The molecule has 2 aromatic heterocycles. The van der Waals surface area contributed by atoms with Gasteiger partial charge in [0.05, 0.1) is 5.02 Å². The molecule has 9 heteroatoms. The van der Waals surface area contributed by atoms with Crippen LogP contribution in [0.15, 0.2) is 12.1 Å². The van der Waals surface area contributed by atoms with Crippen molar-refractivity contribution >= 4 is 40.9 Å². The summed E-state index contributed by atoms with van der Waals surface area (Å²) in [5.41, 5.74) is 0.0118. The van der Waals surface area contributed by atoms with Crippen LogP contribution in [-0.2, 0) is 0 Å². The molecule has 0 unspecified atom stereocenters. The molecule has 1 amide bonds. The Bertz CT molecular complexity index is 600. The van der Waals surface area contributed by atoms with Crippen LogP contribution in [0.5, 0.6) is 0 Å². The van der Waals surface area contributed by atoms with E-state index in [4.69, 9.17) is 28.3 Å². The van der Waals surface area contributed by atoms with Crippen LogP contribution < -0.4 is 5.32 Å². The maximum atomic E-state index is 11.7. The number of nitrogens with one attached hydrogen (secondary N) is 3. The molecule has 4 N–H and O–H groups in total. The topological polar surface area (TPSA) is 111 Å². The third-order valence-electron chi connectivity index (χ3n) is 2.02. The molecule has 0 aliphatic rings. The zero-order chi connectivity index (χ0) is 13.3. The first kappa shape index (κ1) is 12.5. The van der Waals surface area contributed by atoms with Crippen molar-refractivity contribution in [2.24, 2.45) is 0 Å². The molecule has 2 rings (SSSR count). The predicted molar refractivity (Wildman–Crippen MR) is 64.3 cm³/mol. The number of carbonyl (C=O) groups is 2. The molecular weight excluding hydrogens is 283 g/mol. The second kappa shape index (κ2) is 4.71. The quantitative estimate of drug-likeness (QED) is 0.692. The van der Waals surface area contributed by atoms with Crippen molar-refractivity contribution in [2.75, 3.05) is 5.32 Å². The number of amides is 1. The summed E-state index contributed by atoms with van der Waals surface area (Å²) in [7, 11) is 0. The summed E-state index contributed by atoms with van der Waals surface area (Å²) in [6.07, 6.45) is 0. The van der Waals surface area contributed by atoms with Gasteiger partial charge >= 0.3 is 5.97 Å². The fourth-order valence-electron chi connectivity index (χ4n) is 1.21. The fourth-order valence-corrected chi connectivity index (χ4v) is 1.52. The maximum Gasteiger partial charge on any atom is 0.353 e. The molecule has 94 valence electrons. The smallest absolute Gasteiger partial charge is 0.353 e. The van der Waals surface area contributed by atoms with Gasteiger partial charge in [-0.3, -0.25) is 9.89 Å². The Hall–Kier alpha value is -1.99. The molecule has 0 saturated heterocycles. The standard InChI is InChI=1S/C9H6Cl2N4O3/c10-3-1-4(12-7(3)11)8(16)13-6-2-5(9(17)18)14-15-6/h1-2,12H,(H,17,18)(H2,13,14,15,16). The molecule has 7 nitrogen and oxygen atoms in total. The number of aromatic amines is 2. The monoisotopic (exact) mass is 288 g/mol. The van der Waals surface area contributed by atoms with Crippen LogP contribution in [0.3, 0.4) is 0 Å². The summed E-state index contributed by atoms with van der Waals surface area (Å²) < 4.78 is 0. The lowest BCUT2D eigenvalue weighted by atomic mass is 10.4. The van der Waals surface area contributed by atoms with Crippen LogP contribution in [-0.4, -0.2) is 32.2 Å². The number of carboxylic acids is 1. The highest BCUT2D eigenvalue weighted by atomic mass is 35.5. The normalized spacial score (nSPS) is 10.3. The summed E-state index contributed by atoms with van der Waals surface area (Å²) >= 11 is 11.3. The van der Waals surface area contributed by atoms with Gasteiger partial charge in [0.2, 0.25) is 0 Å². The number of nitrogens with zero attached hydrogens (tertiary/aromatic N) is 1. The van der Waals surface area contributed by atoms with E-state index in [9.17, 15) is 9.59 Å². The number of hydrogen-bond donors (Lipinski definition) is 4. The number of halogens is 2. The second-order valence-corrected chi connectivity index (χ2v) is 4.06. The highest BCUT2D eigenvalue weighted by Crippen LogP contribution is 2.22. The Morgan fingerprint density at radius 1 is 1.28 bits per heavy atom. The Labute approximate surface area is 110 Å². The third-order valence-corrected chi connectivity index (χ3v) is 2.71. The van der Waals surface area contributed by atoms with E-state index in [0.717, 1.165) is 0 Å². The molecule has 0 fully saturated rings. The average molecular weight is 289 g/mol. The van der Waals surface area contributed by atoms with Crippen LogP contribution in [0, 0.1) is 0 Å². The summed E-state index contributed by atoms with van der Waals surface area (Å²) in [6.45, 7) is 0. The molecule has 2 heterocycles. The Morgan fingerprint density at radius 2 is 2.00 bits per heavy atom. The SMILES string of the molecule is O=C(O)c1cc(NC(=O)c2cc(Cl)c(Cl)[nH]2)n[nH]1. The predicted octanol–water partition coefficient (Wildman–Crippen LogP) is 2.00. The van der Waals surface area contributed by atoms with E-state index in [1.165, 1.54) is 12.1 Å². The largest absolute Gasteiger partial charge is 0.477 e. The molecule has 0 radical (unpaired) electrons. The fraction of sp³-hybridized carbons (Fsp3) is 0. The van der Waals surface area contributed by atoms with Gasteiger partial charge in [0, 0.05) is 6.07 Å². The van der Waals surface area contributed by atoms with Crippen LogP contribution in [0.2, 0.25) is 10.2 Å². The van der Waals surface area contributed by atoms with E-state index in [0.29, 0.717) is 0 Å². The summed E-state index contributed by atoms with van der Waals surface area (Å²) in [4.78, 5) is 24.9. The highest BCUT2D eigenvalue weighted by molar-refractivity contribution is 6.41. The number of carbonyl (C=O) groups excluding carboxylic acids is 1. The molecule has 0 spiro atoms. The minimum absolute atomic E-state index is 0.0826. The Kier molecular flexibility index (Phi) is 3.26. The van der Waals surface area contributed by atoms with Crippen molar-refractivity contribution < 1.29 is 14.7 Å². The Morgan fingerprint density at radius 3 is 2.50 bits per heavy atom. The van der Waals surface area contributed by atoms with Crippen molar-refractivity contribution in [2.45, 2.75) is 0 Å². The maximum absolute atomic E-state index is 11.7. The van der Waals surface area contributed by atoms with E-state index in [-0.39, 0.29) is 27.4 Å². The van der Waals surface area contributed by atoms with Crippen molar-refractivity contribution in [1.29, 1.82) is 0 Å². The van der Waals surface area contributed by atoms with Gasteiger partial charge in [0.25, 0.3) is 5.91 Å². The van der Waals surface area contributed by atoms with E-state index in [1.807, 2.05) is 0 Å². The van der Waals surface area contributed by atoms with E-state index >= 15 is 0 Å². The van der Waals surface area contributed by atoms with E-state index < -0.39 is 11.9 Å². The van der Waals surface area contributed by atoms with Gasteiger partial charge in [-0.25, -0.2) is 4.79 Å². The summed E-state index contributed by atoms with van der Waals surface area (Å²) in [5.74, 6) is -1.62. The molecule has 0 aromatic carbocycles. The van der Waals surface area contributed by atoms with Gasteiger partial charge < -0.3 is 15.4 Å². The third kappa shape index (κ3) is 2.47. The molecule has 2 aromatic rings. The lowest BCUT2D eigenvalue weighted by Crippen LogP contribution is -2.12. The second-order valence-electron chi connectivity index (χ2n) is 3.27. The Balaban J connectivity index is 2.13. The molecule has 18 heavy (non-hydrogen) atoms. The number of H-pyrrole nitrogens is 2. The van der Waals surface area contributed by atoms with Crippen LogP contribution in [0.4, 0.5) is 5.82 Å². The van der Waals surface area contributed by atoms with E-state index in [1.54, 1.807) is 0 Å². The van der Waals surface area contributed by atoms with Gasteiger partial charge in [-0.15, -0.1) is 0 Å². The van der Waals surface area contributed by atoms with Gasteiger partial charge in [-0.05, 0) is 6.07 Å².